The van der Waals surface area contributed by atoms with Crippen LogP contribution in [-0.2, 0) is 6.54 Å². The Balaban J connectivity index is 2.69. The van der Waals surface area contributed by atoms with Crippen LogP contribution in [0.3, 0.4) is 0 Å². The monoisotopic (exact) mass is 227 g/mol. The first-order valence-electron chi connectivity index (χ1n) is 4.19. The summed E-state index contributed by atoms with van der Waals surface area (Å²) in [4.78, 5) is 0. The van der Waals surface area contributed by atoms with E-state index >= 15 is 0 Å². The van der Waals surface area contributed by atoms with Crippen molar-refractivity contribution in [1.82, 2.24) is 5.32 Å². The van der Waals surface area contributed by atoms with Gasteiger partial charge in [-0.25, -0.2) is 0 Å². The summed E-state index contributed by atoms with van der Waals surface area (Å²) in [5, 5.41) is 3.29. The van der Waals surface area contributed by atoms with Crippen LogP contribution in [0, 0.1) is 6.92 Å². The Hall–Kier alpha value is -0.340. The Morgan fingerprint density at radius 3 is 2.75 bits per heavy atom. The summed E-state index contributed by atoms with van der Waals surface area (Å²) >= 11 is 3.51. The molecule has 0 atom stereocenters. The summed E-state index contributed by atoms with van der Waals surface area (Å²) in [5.41, 5.74) is 2.62. The molecule has 1 nitrogen and oxygen atoms in total. The Morgan fingerprint density at radius 1 is 1.42 bits per heavy atom. The van der Waals surface area contributed by atoms with Gasteiger partial charge in [0.05, 0.1) is 0 Å². The van der Waals surface area contributed by atoms with Crippen LogP contribution < -0.4 is 5.32 Å². The lowest BCUT2D eigenvalue weighted by Crippen LogP contribution is -2.11. The molecule has 2 heteroatoms. The molecule has 0 saturated carbocycles. The quantitative estimate of drug-likeness (QED) is 0.838. The number of rotatable bonds is 3. The average Bonchev–Trinajstić information content (AvgIpc) is 2.07. The molecule has 0 unspecified atom stereocenters. The highest BCUT2D eigenvalue weighted by molar-refractivity contribution is 9.10. The number of nitrogens with one attached hydrogen (secondary N) is 1. The first kappa shape index (κ1) is 9.75. The molecule has 66 valence electrons. The van der Waals surface area contributed by atoms with Gasteiger partial charge in [0.2, 0.25) is 0 Å². The standard InChI is InChI=1S/C10H14BrN/c1-3-12-7-9-5-4-8(2)10(11)6-9/h4-6,12H,3,7H2,1-2H3. The maximum Gasteiger partial charge on any atom is 0.0207 e. The molecular formula is C10H14BrN. The second kappa shape index (κ2) is 4.63. The normalized spacial score (nSPS) is 10.2. The molecular weight excluding hydrogens is 214 g/mol. The first-order valence-corrected chi connectivity index (χ1v) is 4.99. The predicted octanol–water partition coefficient (Wildman–Crippen LogP) is 2.87. The van der Waals surface area contributed by atoms with Crippen molar-refractivity contribution in [3.63, 3.8) is 0 Å². The van der Waals surface area contributed by atoms with Gasteiger partial charge in [0.1, 0.15) is 0 Å². The minimum Gasteiger partial charge on any atom is -0.313 e. The Bertz CT molecular complexity index is 258. The number of hydrogen-bond acceptors (Lipinski definition) is 1. The van der Waals surface area contributed by atoms with Crippen molar-refractivity contribution in [3.8, 4) is 0 Å². The van der Waals surface area contributed by atoms with E-state index in [0.717, 1.165) is 13.1 Å². The Morgan fingerprint density at radius 2 is 2.17 bits per heavy atom. The molecule has 1 rings (SSSR count). The minimum atomic E-state index is 0.954. The van der Waals surface area contributed by atoms with Crippen LogP contribution in [0.4, 0.5) is 0 Å². The van der Waals surface area contributed by atoms with Crippen molar-refractivity contribution >= 4 is 15.9 Å². The zero-order valence-corrected chi connectivity index (χ0v) is 9.11. The van der Waals surface area contributed by atoms with Crippen molar-refractivity contribution < 1.29 is 0 Å². The zero-order valence-electron chi connectivity index (χ0n) is 7.52. The maximum atomic E-state index is 3.51. The molecule has 1 aromatic rings. The third kappa shape index (κ3) is 2.61. The van der Waals surface area contributed by atoms with Crippen molar-refractivity contribution in [2.24, 2.45) is 0 Å². The van der Waals surface area contributed by atoms with E-state index in [1.165, 1.54) is 15.6 Å². The van der Waals surface area contributed by atoms with E-state index in [-0.39, 0.29) is 0 Å². The molecule has 1 aromatic carbocycles. The molecule has 0 amide bonds. The molecule has 0 bridgehead atoms. The molecule has 0 aliphatic carbocycles. The van der Waals surface area contributed by atoms with E-state index in [4.69, 9.17) is 0 Å². The van der Waals surface area contributed by atoms with E-state index < -0.39 is 0 Å². The first-order chi connectivity index (χ1) is 5.74. The van der Waals surface area contributed by atoms with E-state index in [0.29, 0.717) is 0 Å². The molecule has 12 heavy (non-hydrogen) atoms. The van der Waals surface area contributed by atoms with E-state index in [9.17, 15) is 0 Å². The fourth-order valence-corrected chi connectivity index (χ4v) is 1.44. The third-order valence-electron chi connectivity index (χ3n) is 1.82. The summed E-state index contributed by atoms with van der Waals surface area (Å²) in [6.45, 7) is 6.19. The van der Waals surface area contributed by atoms with Gasteiger partial charge in [-0.3, -0.25) is 0 Å². The van der Waals surface area contributed by atoms with Crippen molar-refractivity contribution in [2.75, 3.05) is 6.54 Å². The summed E-state index contributed by atoms with van der Waals surface area (Å²) in [5.74, 6) is 0. The van der Waals surface area contributed by atoms with Crippen LogP contribution in [0.1, 0.15) is 18.1 Å². The van der Waals surface area contributed by atoms with E-state index in [2.05, 4.69) is 53.3 Å². The summed E-state index contributed by atoms with van der Waals surface area (Å²) in [7, 11) is 0. The lowest BCUT2D eigenvalue weighted by atomic mass is 10.1. The van der Waals surface area contributed by atoms with Gasteiger partial charge in [-0.1, -0.05) is 35.0 Å². The van der Waals surface area contributed by atoms with Crippen LogP contribution in [0.2, 0.25) is 0 Å². The SMILES string of the molecule is CCNCc1ccc(C)c(Br)c1. The smallest absolute Gasteiger partial charge is 0.0207 e. The maximum absolute atomic E-state index is 3.51. The fraction of sp³-hybridized carbons (Fsp3) is 0.400. The van der Waals surface area contributed by atoms with Crippen LogP contribution in [-0.4, -0.2) is 6.54 Å². The number of benzene rings is 1. The number of halogens is 1. The molecule has 0 spiro atoms. The van der Waals surface area contributed by atoms with Gasteiger partial charge in [-0.2, -0.15) is 0 Å². The van der Waals surface area contributed by atoms with Crippen molar-refractivity contribution in [1.29, 1.82) is 0 Å². The molecule has 0 heterocycles. The summed E-state index contributed by atoms with van der Waals surface area (Å²) in [6, 6.07) is 6.46. The predicted molar refractivity (Wildman–Crippen MR) is 56.3 cm³/mol. The second-order valence-electron chi connectivity index (χ2n) is 2.86. The van der Waals surface area contributed by atoms with Crippen molar-refractivity contribution in [3.05, 3.63) is 33.8 Å². The molecule has 0 aliphatic rings. The molecule has 0 radical (unpaired) electrons. The molecule has 1 N–H and O–H groups in total. The Labute approximate surface area is 82.3 Å². The molecule has 0 aliphatic heterocycles. The highest BCUT2D eigenvalue weighted by Crippen LogP contribution is 2.17. The minimum absolute atomic E-state index is 0.954. The number of hydrogen-bond donors (Lipinski definition) is 1. The van der Waals surface area contributed by atoms with Crippen LogP contribution in [0.25, 0.3) is 0 Å². The molecule has 0 fully saturated rings. The van der Waals surface area contributed by atoms with Gasteiger partial charge in [-0.05, 0) is 30.7 Å². The van der Waals surface area contributed by atoms with Gasteiger partial charge >= 0.3 is 0 Å². The van der Waals surface area contributed by atoms with Gasteiger partial charge in [0, 0.05) is 11.0 Å². The number of aryl methyl sites for hydroxylation is 1. The Kier molecular flexibility index (Phi) is 3.76. The van der Waals surface area contributed by atoms with E-state index in [1.54, 1.807) is 0 Å². The van der Waals surface area contributed by atoms with Gasteiger partial charge < -0.3 is 5.32 Å². The van der Waals surface area contributed by atoms with Gasteiger partial charge in [0.15, 0.2) is 0 Å². The summed E-state index contributed by atoms with van der Waals surface area (Å²) in [6.07, 6.45) is 0. The fourth-order valence-electron chi connectivity index (χ4n) is 1.02. The average molecular weight is 228 g/mol. The zero-order chi connectivity index (χ0) is 8.97. The van der Waals surface area contributed by atoms with E-state index in [1.807, 2.05) is 0 Å². The highest BCUT2D eigenvalue weighted by Gasteiger charge is 1.95. The lowest BCUT2D eigenvalue weighted by molar-refractivity contribution is 0.726. The topological polar surface area (TPSA) is 12.0 Å². The van der Waals surface area contributed by atoms with Gasteiger partial charge in [0.25, 0.3) is 0 Å². The van der Waals surface area contributed by atoms with Gasteiger partial charge in [-0.15, -0.1) is 0 Å². The van der Waals surface area contributed by atoms with Crippen LogP contribution in [0.15, 0.2) is 22.7 Å². The lowest BCUT2D eigenvalue weighted by Gasteiger charge is -2.04. The second-order valence-corrected chi connectivity index (χ2v) is 3.72. The third-order valence-corrected chi connectivity index (χ3v) is 2.67. The molecule has 0 saturated heterocycles. The largest absolute Gasteiger partial charge is 0.313 e. The highest BCUT2D eigenvalue weighted by atomic mass is 79.9. The van der Waals surface area contributed by atoms with Crippen LogP contribution >= 0.6 is 15.9 Å². The van der Waals surface area contributed by atoms with Crippen molar-refractivity contribution in [2.45, 2.75) is 20.4 Å². The summed E-state index contributed by atoms with van der Waals surface area (Å²) < 4.78 is 1.19. The van der Waals surface area contributed by atoms with Crippen LogP contribution in [0.5, 0.6) is 0 Å². The molecule has 0 aromatic heterocycles.